The molecule has 0 unspecified atom stereocenters. The minimum absolute atomic E-state index is 0.0847. The second-order valence-corrected chi connectivity index (χ2v) is 9.10. The molecule has 3 rings (SSSR count). The normalized spacial score (nSPS) is 12.2. The molecule has 0 spiro atoms. The molecular weight excluding hydrogens is 350 g/mol. The van der Waals surface area contributed by atoms with Crippen molar-refractivity contribution in [1.82, 2.24) is 19.6 Å². The largest absolute Gasteiger partial charge is 0.311 e. The van der Waals surface area contributed by atoms with E-state index >= 15 is 0 Å². The standard InChI is InChI=1S/C22H29N5O/c1-21(2,3)18-13-19(27(25-18)22(4,5)6)24-20(28)12-16-14-23-26(15-16)17-10-8-7-9-11-17/h7-11,13-15H,12H2,1-6H3,(H,24,28). The lowest BCUT2D eigenvalue weighted by Gasteiger charge is -2.23. The van der Waals surface area contributed by atoms with Crippen molar-refractivity contribution in [2.45, 2.75) is 58.9 Å². The molecule has 0 aliphatic heterocycles. The number of hydrogen-bond donors (Lipinski definition) is 1. The van der Waals surface area contributed by atoms with Crippen molar-refractivity contribution < 1.29 is 4.79 Å². The van der Waals surface area contributed by atoms with Crippen molar-refractivity contribution in [2.75, 3.05) is 5.32 Å². The number of nitrogens with zero attached hydrogens (tertiary/aromatic N) is 4. The van der Waals surface area contributed by atoms with Crippen molar-refractivity contribution in [3.8, 4) is 5.69 Å². The van der Waals surface area contributed by atoms with Crippen LogP contribution in [-0.4, -0.2) is 25.5 Å². The van der Waals surface area contributed by atoms with Crippen LogP contribution in [0.5, 0.6) is 0 Å². The molecule has 6 heteroatoms. The van der Waals surface area contributed by atoms with Crippen molar-refractivity contribution in [1.29, 1.82) is 0 Å². The zero-order chi connectivity index (χ0) is 20.5. The Hall–Kier alpha value is -2.89. The average Bonchev–Trinajstić information content (AvgIpc) is 3.22. The summed E-state index contributed by atoms with van der Waals surface area (Å²) in [6.07, 6.45) is 3.87. The second kappa shape index (κ2) is 7.26. The molecule has 148 valence electrons. The number of aromatic nitrogens is 4. The minimum Gasteiger partial charge on any atom is -0.311 e. The summed E-state index contributed by atoms with van der Waals surface area (Å²) in [5, 5.41) is 12.1. The molecule has 0 fully saturated rings. The zero-order valence-electron chi connectivity index (χ0n) is 17.5. The van der Waals surface area contributed by atoms with E-state index in [0.717, 1.165) is 22.8 Å². The van der Waals surface area contributed by atoms with Gasteiger partial charge in [0.15, 0.2) is 0 Å². The Balaban J connectivity index is 1.77. The highest BCUT2D eigenvalue weighted by molar-refractivity contribution is 5.91. The molecule has 3 aromatic rings. The van der Waals surface area contributed by atoms with E-state index in [4.69, 9.17) is 5.10 Å². The first kappa shape index (κ1) is 19.9. The molecular formula is C22H29N5O. The highest BCUT2D eigenvalue weighted by Crippen LogP contribution is 2.28. The molecule has 2 heterocycles. The summed E-state index contributed by atoms with van der Waals surface area (Å²) >= 11 is 0. The van der Waals surface area contributed by atoms with E-state index in [0.29, 0.717) is 0 Å². The average molecular weight is 380 g/mol. The van der Waals surface area contributed by atoms with Crippen LogP contribution in [-0.2, 0) is 22.2 Å². The van der Waals surface area contributed by atoms with Gasteiger partial charge in [-0.25, -0.2) is 9.36 Å². The predicted molar refractivity (Wildman–Crippen MR) is 112 cm³/mol. The van der Waals surface area contributed by atoms with Crippen LogP contribution in [0.15, 0.2) is 48.8 Å². The summed E-state index contributed by atoms with van der Waals surface area (Å²) in [6.45, 7) is 12.6. The third kappa shape index (κ3) is 4.50. The Bertz CT molecular complexity index is 955. The van der Waals surface area contributed by atoms with E-state index < -0.39 is 0 Å². The molecule has 0 saturated heterocycles. The predicted octanol–water partition coefficient (Wildman–Crippen LogP) is 4.30. The Kier molecular flexibility index (Phi) is 5.15. The zero-order valence-corrected chi connectivity index (χ0v) is 17.5. The molecule has 28 heavy (non-hydrogen) atoms. The van der Waals surface area contributed by atoms with Crippen LogP contribution < -0.4 is 5.32 Å². The van der Waals surface area contributed by atoms with Gasteiger partial charge in [-0.1, -0.05) is 39.0 Å². The summed E-state index contributed by atoms with van der Waals surface area (Å²) in [5.41, 5.74) is 2.46. The van der Waals surface area contributed by atoms with Gasteiger partial charge in [-0.3, -0.25) is 4.79 Å². The number of benzene rings is 1. The molecule has 2 aromatic heterocycles. The van der Waals surface area contributed by atoms with Crippen LogP contribution in [0.4, 0.5) is 5.82 Å². The number of hydrogen-bond acceptors (Lipinski definition) is 3. The Morgan fingerprint density at radius 1 is 1.07 bits per heavy atom. The quantitative estimate of drug-likeness (QED) is 0.735. The summed E-state index contributed by atoms with van der Waals surface area (Å²) in [4.78, 5) is 12.7. The first-order chi connectivity index (χ1) is 13.0. The molecule has 0 radical (unpaired) electrons. The highest BCUT2D eigenvalue weighted by Gasteiger charge is 2.25. The first-order valence-corrected chi connectivity index (χ1v) is 9.54. The summed E-state index contributed by atoms with van der Waals surface area (Å²) in [7, 11) is 0. The van der Waals surface area contributed by atoms with Crippen LogP contribution in [0.25, 0.3) is 5.69 Å². The van der Waals surface area contributed by atoms with E-state index in [9.17, 15) is 4.79 Å². The molecule has 0 aliphatic rings. The Morgan fingerprint density at radius 3 is 2.36 bits per heavy atom. The van der Waals surface area contributed by atoms with Gasteiger partial charge in [0.25, 0.3) is 0 Å². The molecule has 0 aliphatic carbocycles. The van der Waals surface area contributed by atoms with Gasteiger partial charge in [0.05, 0.1) is 29.5 Å². The number of rotatable bonds is 4. The SMILES string of the molecule is CC(C)(C)c1cc(NC(=O)Cc2cnn(-c3ccccc3)c2)n(C(C)(C)C)n1. The topological polar surface area (TPSA) is 64.7 Å². The molecule has 1 N–H and O–H groups in total. The summed E-state index contributed by atoms with van der Waals surface area (Å²) in [5.74, 6) is 0.636. The van der Waals surface area contributed by atoms with E-state index in [1.54, 1.807) is 10.9 Å². The number of amides is 1. The van der Waals surface area contributed by atoms with E-state index in [1.807, 2.05) is 47.3 Å². The third-order valence-electron chi connectivity index (χ3n) is 4.40. The van der Waals surface area contributed by atoms with E-state index in [2.05, 4.69) is 52.0 Å². The number of para-hydroxylation sites is 1. The number of carbonyl (C=O) groups excluding carboxylic acids is 1. The van der Waals surface area contributed by atoms with Gasteiger partial charge < -0.3 is 5.32 Å². The van der Waals surface area contributed by atoms with Crippen LogP contribution in [0, 0.1) is 0 Å². The van der Waals surface area contributed by atoms with Gasteiger partial charge in [-0.2, -0.15) is 10.2 Å². The van der Waals surface area contributed by atoms with Crippen molar-refractivity contribution >= 4 is 11.7 Å². The highest BCUT2D eigenvalue weighted by atomic mass is 16.1. The third-order valence-corrected chi connectivity index (χ3v) is 4.40. The maximum Gasteiger partial charge on any atom is 0.230 e. The fourth-order valence-electron chi connectivity index (χ4n) is 2.89. The smallest absolute Gasteiger partial charge is 0.230 e. The number of anilines is 1. The van der Waals surface area contributed by atoms with Crippen LogP contribution in [0.1, 0.15) is 52.8 Å². The number of carbonyl (C=O) groups is 1. The van der Waals surface area contributed by atoms with E-state index in [1.165, 1.54) is 0 Å². The van der Waals surface area contributed by atoms with Gasteiger partial charge >= 0.3 is 0 Å². The lowest BCUT2D eigenvalue weighted by atomic mass is 9.92. The van der Waals surface area contributed by atoms with Crippen LogP contribution in [0.3, 0.4) is 0 Å². The minimum atomic E-state index is -0.232. The molecule has 0 saturated carbocycles. The van der Waals surface area contributed by atoms with E-state index in [-0.39, 0.29) is 23.3 Å². The van der Waals surface area contributed by atoms with Crippen LogP contribution in [0.2, 0.25) is 0 Å². The fraction of sp³-hybridized carbons (Fsp3) is 0.409. The Morgan fingerprint density at radius 2 is 1.75 bits per heavy atom. The van der Waals surface area contributed by atoms with Crippen molar-refractivity contribution in [3.05, 3.63) is 60.0 Å². The van der Waals surface area contributed by atoms with Crippen molar-refractivity contribution in [3.63, 3.8) is 0 Å². The van der Waals surface area contributed by atoms with Gasteiger partial charge in [-0.15, -0.1) is 0 Å². The number of nitrogens with one attached hydrogen (secondary N) is 1. The monoisotopic (exact) mass is 379 g/mol. The first-order valence-electron chi connectivity index (χ1n) is 9.54. The maximum absolute atomic E-state index is 12.7. The van der Waals surface area contributed by atoms with Gasteiger partial charge in [0.2, 0.25) is 5.91 Å². The molecule has 0 atom stereocenters. The maximum atomic E-state index is 12.7. The van der Waals surface area contributed by atoms with Gasteiger partial charge in [0.1, 0.15) is 5.82 Å². The lowest BCUT2D eigenvalue weighted by molar-refractivity contribution is -0.115. The fourth-order valence-corrected chi connectivity index (χ4v) is 2.89. The summed E-state index contributed by atoms with van der Waals surface area (Å²) in [6, 6.07) is 11.8. The summed E-state index contributed by atoms with van der Waals surface area (Å²) < 4.78 is 3.67. The van der Waals surface area contributed by atoms with Gasteiger partial charge in [-0.05, 0) is 38.5 Å². The molecule has 0 bridgehead atoms. The Labute approximate surface area is 166 Å². The van der Waals surface area contributed by atoms with Gasteiger partial charge in [0, 0.05) is 17.7 Å². The molecule has 6 nitrogen and oxygen atoms in total. The van der Waals surface area contributed by atoms with Crippen LogP contribution >= 0.6 is 0 Å². The second-order valence-electron chi connectivity index (χ2n) is 9.10. The lowest BCUT2D eigenvalue weighted by Crippen LogP contribution is -2.27. The molecule has 1 amide bonds. The molecule has 1 aromatic carbocycles. The van der Waals surface area contributed by atoms with Crippen molar-refractivity contribution in [2.24, 2.45) is 0 Å².